The zero-order chi connectivity index (χ0) is 20.8. The molecule has 0 radical (unpaired) electrons. The summed E-state index contributed by atoms with van der Waals surface area (Å²) in [7, 11) is 0. The number of nitrogens with one attached hydrogen (secondary N) is 1. The molecule has 2 saturated heterocycles. The minimum absolute atomic E-state index is 0.0829. The maximum atomic E-state index is 12.5. The van der Waals surface area contributed by atoms with Crippen molar-refractivity contribution < 1.29 is 24.2 Å². The molecule has 1 unspecified atom stereocenters. The van der Waals surface area contributed by atoms with Crippen molar-refractivity contribution in [3.05, 3.63) is 23.8 Å². The highest BCUT2D eigenvalue weighted by atomic mass is 32.2. The molecule has 0 saturated carbocycles. The number of hydrogen-bond donors (Lipinski definition) is 3. The molecule has 0 spiro atoms. The number of carbonyl (C=O) groups is 2. The van der Waals surface area contributed by atoms with E-state index in [1.165, 1.54) is 16.7 Å². The standard InChI is InChI=1S/C20H27N3O5S/c1-20(2)16(19(25)26)23-17(24)14(18(23)29-20)22-9-12(21)7-3-5-11-6-4-8-13-15(11)28-10-27-13/h4,6,8,12,14,16,18,22H,3,5,7,9-10,21H2,1-2H3,(H,25,26)/t12?,14-,16+,18-/m1/s1. The summed E-state index contributed by atoms with van der Waals surface area (Å²) in [4.78, 5) is 25.5. The number of hydrogen-bond acceptors (Lipinski definition) is 7. The second-order valence-electron chi connectivity index (χ2n) is 8.29. The SMILES string of the molecule is CC1(C)S[C@@H]2[C@H](NCC(N)CCCc3cccc4c3OCO4)C(=O)N2[C@H]1C(=O)O. The number of thioether (sulfide) groups is 1. The minimum Gasteiger partial charge on any atom is -0.480 e. The highest BCUT2D eigenvalue weighted by Gasteiger charge is 2.63. The van der Waals surface area contributed by atoms with Gasteiger partial charge >= 0.3 is 5.97 Å². The van der Waals surface area contributed by atoms with Gasteiger partial charge in [0.2, 0.25) is 12.7 Å². The smallest absolute Gasteiger partial charge is 0.327 e. The topological polar surface area (TPSA) is 114 Å². The summed E-state index contributed by atoms with van der Waals surface area (Å²) in [6.07, 6.45) is 2.56. The second-order valence-corrected chi connectivity index (χ2v) is 10.1. The first-order valence-electron chi connectivity index (χ1n) is 9.89. The van der Waals surface area contributed by atoms with Gasteiger partial charge in [0.05, 0.1) is 0 Å². The Morgan fingerprint density at radius 2 is 2.24 bits per heavy atom. The van der Waals surface area contributed by atoms with Crippen LogP contribution in [0.25, 0.3) is 0 Å². The Hall–Kier alpha value is -1.97. The number of benzene rings is 1. The number of fused-ring (bicyclic) bond motifs is 2. The number of aliphatic carboxylic acids is 1. The summed E-state index contributed by atoms with van der Waals surface area (Å²) in [6.45, 7) is 4.53. The number of carbonyl (C=O) groups excluding carboxylic acids is 1. The zero-order valence-electron chi connectivity index (χ0n) is 16.6. The van der Waals surface area contributed by atoms with Crippen LogP contribution in [0, 0.1) is 0 Å². The molecule has 29 heavy (non-hydrogen) atoms. The quantitative estimate of drug-likeness (QED) is 0.536. The highest BCUT2D eigenvalue weighted by molar-refractivity contribution is 8.01. The molecule has 1 aromatic rings. The van der Waals surface area contributed by atoms with Gasteiger partial charge < -0.3 is 30.5 Å². The maximum absolute atomic E-state index is 12.5. The van der Waals surface area contributed by atoms with Crippen LogP contribution in [-0.4, -0.2) is 63.5 Å². The monoisotopic (exact) mass is 421 g/mol. The predicted molar refractivity (Wildman–Crippen MR) is 109 cm³/mol. The lowest BCUT2D eigenvalue weighted by atomic mass is 9.96. The highest BCUT2D eigenvalue weighted by Crippen LogP contribution is 2.50. The summed E-state index contributed by atoms with van der Waals surface area (Å²) in [5.41, 5.74) is 7.36. The number of β-lactam (4-membered cyclic amide) rings is 1. The molecule has 3 aliphatic heterocycles. The molecule has 0 bridgehead atoms. The molecule has 3 aliphatic rings. The summed E-state index contributed by atoms with van der Waals surface area (Å²) in [5, 5.41) is 12.6. The summed E-state index contributed by atoms with van der Waals surface area (Å²) < 4.78 is 10.4. The molecular weight excluding hydrogens is 394 g/mol. The van der Waals surface area contributed by atoms with Crippen LogP contribution in [0.5, 0.6) is 11.5 Å². The van der Waals surface area contributed by atoms with Gasteiger partial charge in [-0.15, -0.1) is 11.8 Å². The molecule has 1 aromatic carbocycles. The van der Waals surface area contributed by atoms with Gasteiger partial charge in [0, 0.05) is 17.3 Å². The molecule has 4 rings (SSSR count). The molecule has 158 valence electrons. The Morgan fingerprint density at radius 3 is 3.00 bits per heavy atom. The lowest BCUT2D eigenvalue weighted by molar-refractivity contribution is -0.160. The Morgan fingerprint density at radius 1 is 1.45 bits per heavy atom. The van der Waals surface area contributed by atoms with E-state index in [9.17, 15) is 14.7 Å². The molecule has 9 heteroatoms. The normalized spacial score (nSPS) is 27.5. The van der Waals surface area contributed by atoms with Crippen LogP contribution in [0.3, 0.4) is 0 Å². The third-order valence-electron chi connectivity index (χ3n) is 5.77. The molecule has 2 fully saturated rings. The molecule has 3 heterocycles. The van der Waals surface area contributed by atoms with E-state index in [1.807, 2.05) is 32.0 Å². The number of amides is 1. The van der Waals surface area contributed by atoms with E-state index in [1.54, 1.807) is 0 Å². The third kappa shape index (κ3) is 3.67. The van der Waals surface area contributed by atoms with E-state index >= 15 is 0 Å². The fourth-order valence-corrected chi connectivity index (χ4v) is 5.98. The van der Waals surface area contributed by atoms with Gasteiger partial charge in [-0.25, -0.2) is 4.79 Å². The van der Waals surface area contributed by atoms with E-state index in [4.69, 9.17) is 15.2 Å². The maximum Gasteiger partial charge on any atom is 0.327 e. The van der Waals surface area contributed by atoms with Gasteiger partial charge in [0.15, 0.2) is 11.5 Å². The van der Waals surface area contributed by atoms with Crippen molar-refractivity contribution in [2.45, 2.75) is 61.4 Å². The number of carboxylic acids is 1. The number of nitrogens with zero attached hydrogens (tertiary/aromatic N) is 1. The van der Waals surface area contributed by atoms with Gasteiger partial charge in [-0.05, 0) is 44.7 Å². The average Bonchev–Trinajstić information content (AvgIpc) is 3.23. The molecule has 4 N–H and O–H groups in total. The van der Waals surface area contributed by atoms with Crippen molar-refractivity contribution in [3.8, 4) is 11.5 Å². The Balaban J connectivity index is 1.24. The molecule has 0 aromatic heterocycles. The van der Waals surface area contributed by atoms with Crippen molar-refractivity contribution in [1.82, 2.24) is 10.2 Å². The molecule has 0 aliphatic carbocycles. The molecular formula is C20H27N3O5S. The van der Waals surface area contributed by atoms with Gasteiger partial charge in [0.1, 0.15) is 17.5 Å². The Labute approximate surface area is 174 Å². The van der Waals surface area contributed by atoms with E-state index in [2.05, 4.69) is 5.32 Å². The fourth-order valence-electron chi connectivity index (χ4n) is 4.32. The predicted octanol–water partition coefficient (Wildman–Crippen LogP) is 1.17. The molecule has 1 amide bonds. The van der Waals surface area contributed by atoms with E-state index in [0.717, 1.165) is 36.3 Å². The van der Waals surface area contributed by atoms with E-state index in [-0.39, 0.29) is 30.2 Å². The van der Waals surface area contributed by atoms with Gasteiger partial charge in [-0.1, -0.05) is 12.1 Å². The third-order valence-corrected chi connectivity index (χ3v) is 7.35. The minimum atomic E-state index is -0.949. The summed E-state index contributed by atoms with van der Waals surface area (Å²) >= 11 is 1.54. The van der Waals surface area contributed by atoms with Gasteiger partial charge in [-0.2, -0.15) is 0 Å². The van der Waals surface area contributed by atoms with Crippen molar-refractivity contribution in [2.24, 2.45) is 5.73 Å². The van der Waals surface area contributed by atoms with E-state index < -0.39 is 16.8 Å². The summed E-state index contributed by atoms with van der Waals surface area (Å²) in [6, 6.07) is 4.67. The first kappa shape index (κ1) is 20.3. The first-order chi connectivity index (χ1) is 13.8. The van der Waals surface area contributed by atoms with Gasteiger partial charge in [0.25, 0.3) is 0 Å². The largest absolute Gasteiger partial charge is 0.480 e. The number of aryl methyl sites for hydroxylation is 1. The number of nitrogens with two attached hydrogens (primary N) is 1. The van der Waals surface area contributed by atoms with Crippen LogP contribution in [0.1, 0.15) is 32.3 Å². The van der Waals surface area contributed by atoms with Gasteiger partial charge in [-0.3, -0.25) is 4.79 Å². The van der Waals surface area contributed by atoms with Crippen molar-refractivity contribution in [3.63, 3.8) is 0 Å². The van der Waals surface area contributed by atoms with Crippen molar-refractivity contribution in [1.29, 1.82) is 0 Å². The Kier molecular flexibility index (Phi) is 5.39. The Bertz CT molecular complexity index is 817. The zero-order valence-corrected chi connectivity index (χ0v) is 17.4. The number of carboxylic acid groups (broad SMARTS) is 1. The van der Waals surface area contributed by atoms with Crippen molar-refractivity contribution >= 4 is 23.6 Å². The molecule has 4 atom stereocenters. The summed E-state index contributed by atoms with van der Waals surface area (Å²) in [5.74, 6) is 0.520. The average molecular weight is 422 g/mol. The molecule has 8 nitrogen and oxygen atoms in total. The van der Waals surface area contributed by atoms with Crippen LogP contribution >= 0.6 is 11.8 Å². The fraction of sp³-hybridized carbons (Fsp3) is 0.600. The lowest BCUT2D eigenvalue weighted by Crippen LogP contribution is -2.70. The van der Waals surface area contributed by atoms with Crippen LogP contribution < -0.4 is 20.5 Å². The number of rotatable bonds is 8. The van der Waals surface area contributed by atoms with Crippen LogP contribution in [-0.2, 0) is 16.0 Å². The van der Waals surface area contributed by atoms with Crippen LogP contribution in [0.2, 0.25) is 0 Å². The van der Waals surface area contributed by atoms with Crippen molar-refractivity contribution in [2.75, 3.05) is 13.3 Å². The number of para-hydroxylation sites is 1. The first-order valence-corrected chi connectivity index (χ1v) is 10.8. The van der Waals surface area contributed by atoms with Crippen LogP contribution in [0.4, 0.5) is 0 Å². The lowest BCUT2D eigenvalue weighted by Gasteiger charge is -2.44. The number of ether oxygens (including phenoxy) is 2. The van der Waals surface area contributed by atoms with Crippen LogP contribution in [0.15, 0.2) is 18.2 Å². The second kappa shape index (κ2) is 7.70. The van der Waals surface area contributed by atoms with E-state index in [0.29, 0.717) is 6.54 Å².